The Morgan fingerprint density at radius 2 is 2.05 bits per heavy atom. The number of aryl methyl sites for hydroxylation is 1. The normalized spacial score (nSPS) is 24.8. The lowest BCUT2D eigenvalue weighted by molar-refractivity contribution is 0.132. The van der Waals surface area contributed by atoms with Crippen molar-refractivity contribution in [1.29, 1.82) is 0 Å². The fourth-order valence-corrected chi connectivity index (χ4v) is 2.86. The van der Waals surface area contributed by atoms with Crippen LogP contribution in [0, 0.1) is 6.92 Å². The second kappa shape index (κ2) is 5.59. The molecule has 2 aliphatic rings. The molecule has 0 amide bonds. The molecule has 1 N–H and O–H groups in total. The van der Waals surface area contributed by atoms with Gasteiger partial charge in [-0.25, -0.2) is 0 Å². The lowest BCUT2D eigenvalue weighted by atomic mass is 10.0. The maximum atomic E-state index is 4.30. The van der Waals surface area contributed by atoms with Crippen LogP contribution in [0.3, 0.4) is 0 Å². The molecule has 1 atom stereocenters. The molecule has 1 aromatic rings. The zero-order valence-electron chi connectivity index (χ0n) is 12.1. The number of nitrogens with one attached hydrogen (secondary N) is 1. The molecule has 0 radical (unpaired) electrons. The molecule has 1 aliphatic carbocycles. The molecule has 0 bridgehead atoms. The fourth-order valence-electron chi connectivity index (χ4n) is 2.86. The van der Waals surface area contributed by atoms with Gasteiger partial charge in [-0.1, -0.05) is 6.42 Å². The second-order valence-corrected chi connectivity index (χ2v) is 6.03. The molecule has 19 heavy (non-hydrogen) atoms. The number of aromatic nitrogens is 3. The molecule has 1 unspecified atom stereocenters. The predicted octanol–water partition coefficient (Wildman–Crippen LogP) is 1.23. The van der Waals surface area contributed by atoms with E-state index in [-0.39, 0.29) is 0 Å². The molecule has 3 rings (SSSR count). The third kappa shape index (κ3) is 3.15. The van der Waals surface area contributed by atoms with Crippen LogP contribution in [0.1, 0.15) is 43.8 Å². The third-order valence-electron chi connectivity index (χ3n) is 4.50. The van der Waals surface area contributed by atoms with E-state index in [0.29, 0.717) is 6.04 Å². The molecule has 1 aliphatic heterocycles. The van der Waals surface area contributed by atoms with E-state index in [1.54, 1.807) is 0 Å². The van der Waals surface area contributed by atoms with Crippen LogP contribution in [-0.4, -0.2) is 44.8 Å². The average molecular weight is 263 g/mol. The Hall–Kier alpha value is -0.940. The second-order valence-electron chi connectivity index (χ2n) is 6.03. The van der Waals surface area contributed by atoms with Gasteiger partial charge in [0.05, 0.1) is 6.54 Å². The quantitative estimate of drug-likeness (QED) is 0.868. The summed E-state index contributed by atoms with van der Waals surface area (Å²) in [4.78, 5) is 2.59. The fraction of sp³-hybridized carbons (Fsp3) is 0.857. The minimum absolute atomic E-state index is 0.673. The number of hydrogen-bond donors (Lipinski definition) is 1. The molecule has 2 fully saturated rings. The van der Waals surface area contributed by atoms with Crippen molar-refractivity contribution < 1.29 is 0 Å². The number of rotatable bonds is 5. The first-order chi connectivity index (χ1) is 9.24. The minimum Gasteiger partial charge on any atom is -0.317 e. The Morgan fingerprint density at radius 1 is 1.21 bits per heavy atom. The van der Waals surface area contributed by atoms with Gasteiger partial charge in [0.25, 0.3) is 0 Å². The van der Waals surface area contributed by atoms with E-state index in [0.717, 1.165) is 30.8 Å². The summed E-state index contributed by atoms with van der Waals surface area (Å²) < 4.78 is 2.11. The number of hydrogen-bond acceptors (Lipinski definition) is 4. The van der Waals surface area contributed by atoms with Crippen molar-refractivity contribution in [3.63, 3.8) is 0 Å². The summed E-state index contributed by atoms with van der Waals surface area (Å²) in [5.74, 6) is 2.09. The average Bonchev–Trinajstić information content (AvgIpc) is 3.20. The van der Waals surface area contributed by atoms with E-state index >= 15 is 0 Å². The van der Waals surface area contributed by atoms with Crippen LogP contribution < -0.4 is 5.32 Å². The van der Waals surface area contributed by atoms with Crippen molar-refractivity contribution in [2.24, 2.45) is 7.05 Å². The Morgan fingerprint density at radius 3 is 2.74 bits per heavy atom. The maximum Gasteiger partial charge on any atom is 0.146 e. The topological polar surface area (TPSA) is 46.0 Å². The van der Waals surface area contributed by atoms with Gasteiger partial charge in [0.1, 0.15) is 11.6 Å². The first-order valence-corrected chi connectivity index (χ1v) is 7.56. The van der Waals surface area contributed by atoms with Crippen LogP contribution in [0.2, 0.25) is 0 Å². The highest BCUT2D eigenvalue weighted by molar-refractivity contribution is 4.94. The van der Waals surface area contributed by atoms with Gasteiger partial charge < -0.3 is 9.88 Å². The highest BCUT2D eigenvalue weighted by Gasteiger charge is 2.27. The Bertz CT molecular complexity index is 423. The summed E-state index contributed by atoms with van der Waals surface area (Å²) in [6.07, 6.45) is 6.74. The number of likely N-dealkylation sites (tertiary alicyclic amines) is 1. The molecule has 1 aromatic heterocycles. The van der Waals surface area contributed by atoms with E-state index in [1.165, 1.54) is 38.6 Å². The van der Waals surface area contributed by atoms with Crippen LogP contribution in [0.4, 0.5) is 0 Å². The van der Waals surface area contributed by atoms with E-state index in [4.69, 9.17) is 0 Å². The van der Waals surface area contributed by atoms with E-state index in [2.05, 4.69) is 32.0 Å². The van der Waals surface area contributed by atoms with Crippen LogP contribution in [0.15, 0.2) is 0 Å². The zero-order chi connectivity index (χ0) is 13.2. The van der Waals surface area contributed by atoms with Gasteiger partial charge in [-0.15, -0.1) is 10.2 Å². The van der Waals surface area contributed by atoms with Crippen LogP contribution in [0.25, 0.3) is 0 Å². The summed E-state index contributed by atoms with van der Waals surface area (Å²) in [5.41, 5.74) is 0. The Kier molecular flexibility index (Phi) is 3.84. The van der Waals surface area contributed by atoms with Crippen LogP contribution in [0.5, 0.6) is 0 Å². The highest BCUT2D eigenvalue weighted by atomic mass is 15.3. The smallest absolute Gasteiger partial charge is 0.146 e. The minimum atomic E-state index is 0.673. The van der Waals surface area contributed by atoms with Gasteiger partial charge in [-0.3, -0.25) is 4.90 Å². The highest BCUT2D eigenvalue weighted by Crippen LogP contribution is 2.22. The summed E-state index contributed by atoms with van der Waals surface area (Å²) in [7, 11) is 2.06. The van der Waals surface area contributed by atoms with Crippen molar-refractivity contribution in [2.75, 3.05) is 13.1 Å². The largest absolute Gasteiger partial charge is 0.317 e. The summed E-state index contributed by atoms with van der Waals surface area (Å²) in [5, 5.41) is 12.1. The number of piperidine rings is 1. The third-order valence-corrected chi connectivity index (χ3v) is 4.50. The van der Waals surface area contributed by atoms with Crippen molar-refractivity contribution in [1.82, 2.24) is 25.0 Å². The summed E-state index contributed by atoms with van der Waals surface area (Å²) in [6.45, 7) is 5.29. The predicted molar refractivity (Wildman–Crippen MR) is 74.8 cm³/mol. The van der Waals surface area contributed by atoms with Crippen molar-refractivity contribution in [2.45, 2.75) is 57.7 Å². The van der Waals surface area contributed by atoms with Gasteiger partial charge in [-0.05, 0) is 39.2 Å². The lowest BCUT2D eigenvalue weighted by Gasteiger charge is -2.35. The zero-order valence-corrected chi connectivity index (χ0v) is 12.1. The molecule has 1 saturated heterocycles. The van der Waals surface area contributed by atoms with Gasteiger partial charge in [0.15, 0.2) is 0 Å². The van der Waals surface area contributed by atoms with Gasteiger partial charge in [0, 0.05) is 25.7 Å². The molecule has 5 nitrogen and oxygen atoms in total. The Labute approximate surface area is 115 Å². The SMILES string of the molecule is Cc1nnc(CN2CCCCC2CNC2CC2)n1C. The van der Waals surface area contributed by atoms with Gasteiger partial charge in [0.2, 0.25) is 0 Å². The number of nitrogens with zero attached hydrogens (tertiary/aromatic N) is 4. The molecule has 2 heterocycles. The van der Waals surface area contributed by atoms with Gasteiger partial charge in [-0.2, -0.15) is 0 Å². The Balaban J connectivity index is 1.60. The van der Waals surface area contributed by atoms with Gasteiger partial charge >= 0.3 is 0 Å². The van der Waals surface area contributed by atoms with E-state index < -0.39 is 0 Å². The van der Waals surface area contributed by atoms with E-state index in [9.17, 15) is 0 Å². The van der Waals surface area contributed by atoms with Crippen molar-refractivity contribution >= 4 is 0 Å². The molecule has 0 aromatic carbocycles. The molecule has 5 heteroatoms. The summed E-state index contributed by atoms with van der Waals surface area (Å²) in [6, 6.07) is 1.48. The lowest BCUT2D eigenvalue weighted by Crippen LogP contribution is -2.45. The standard InChI is InChI=1S/C14H25N5/c1-11-16-17-14(18(11)2)10-19-8-4-3-5-13(19)9-15-12-6-7-12/h12-13,15H,3-10H2,1-2H3. The van der Waals surface area contributed by atoms with Crippen molar-refractivity contribution in [3.8, 4) is 0 Å². The molecule has 106 valence electrons. The van der Waals surface area contributed by atoms with Crippen LogP contribution >= 0.6 is 0 Å². The molecular formula is C14H25N5. The molecule has 1 saturated carbocycles. The monoisotopic (exact) mass is 263 g/mol. The first kappa shape index (κ1) is 13.1. The first-order valence-electron chi connectivity index (χ1n) is 7.56. The molecule has 0 spiro atoms. The van der Waals surface area contributed by atoms with E-state index in [1.807, 2.05) is 6.92 Å². The van der Waals surface area contributed by atoms with Crippen molar-refractivity contribution in [3.05, 3.63) is 11.6 Å². The molecular weight excluding hydrogens is 238 g/mol. The summed E-state index contributed by atoms with van der Waals surface area (Å²) >= 11 is 0. The maximum absolute atomic E-state index is 4.30. The van der Waals surface area contributed by atoms with Crippen LogP contribution in [-0.2, 0) is 13.6 Å².